The van der Waals surface area contributed by atoms with Crippen LogP contribution in [-0.4, -0.2) is 33.4 Å². The van der Waals surface area contributed by atoms with Gasteiger partial charge in [0.25, 0.3) is 11.7 Å². The van der Waals surface area contributed by atoms with E-state index in [1.54, 1.807) is 12.1 Å². The van der Waals surface area contributed by atoms with Crippen LogP contribution in [0.2, 0.25) is 0 Å². The Balaban J connectivity index is 1.91. The molecule has 3 aromatic carbocycles. The van der Waals surface area contributed by atoms with Crippen LogP contribution in [0.4, 0.5) is 15.8 Å². The molecule has 1 amide bonds. The summed E-state index contributed by atoms with van der Waals surface area (Å²) in [5.41, 5.74) is -0.719. The lowest BCUT2D eigenvalue weighted by Gasteiger charge is -2.25. The van der Waals surface area contributed by atoms with Gasteiger partial charge in [0.05, 0.1) is 23.1 Å². The standard InChI is InChI=1S/C26H21FN2O7/c1-2-12-36-19-9-6-15(7-10-19)24(31)22-23(16-8-11-21(30)20(13-16)29(34)35)28(26(33)25(22)32)18-5-3-4-17(27)14-18/h3-11,13-14,23,30-31H,2,12H2,1H3/b24-22-. The van der Waals surface area contributed by atoms with Gasteiger partial charge in [0, 0.05) is 17.3 Å². The minimum Gasteiger partial charge on any atom is -0.507 e. The van der Waals surface area contributed by atoms with Gasteiger partial charge < -0.3 is 14.9 Å². The van der Waals surface area contributed by atoms with Gasteiger partial charge in [-0.05, 0) is 60.5 Å². The number of ether oxygens (including phenoxy) is 1. The van der Waals surface area contributed by atoms with Crippen molar-refractivity contribution in [1.82, 2.24) is 0 Å². The third-order valence-corrected chi connectivity index (χ3v) is 5.64. The molecule has 0 spiro atoms. The molecule has 10 heteroatoms. The number of ketones is 1. The highest BCUT2D eigenvalue weighted by Crippen LogP contribution is 2.44. The number of hydrogen-bond donors (Lipinski definition) is 2. The van der Waals surface area contributed by atoms with E-state index in [9.17, 15) is 34.3 Å². The molecule has 4 rings (SSSR count). The fourth-order valence-corrected chi connectivity index (χ4v) is 3.98. The van der Waals surface area contributed by atoms with E-state index in [1.165, 1.54) is 30.3 Å². The molecule has 0 radical (unpaired) electrons. The van der Waals surface area contributed by atoms with Crippen molar-refractivity contribution < 1.29 is 33.9 Å². The number of rotatable bonds is 7. The van der Waals surface area contributed by atoms with Crippen LogP contribution in [-0.2, 0) is 9.59 Å². The minimum atomic E-state index is -1.33. The zero-order chi connectivity index (χ0) is 26.0. The second-order valence-electron chi connectivity index (χ2n) is 8.03. The summed E-state index contributed by atoms with van der Waals surface area (Å²) in [6.45, 7) is 2.44. The first-order valence-corrected chi connectivity index (χ1v) is 11.0. The predicted octanol–water partition coefficient (Wildman–Crippen LogP) is 4.85. The number of phenolic OH excluding ortho intramolecular Hbond substituents is 1. The molecule has 36 heavy (non-hydrogen) atoms. The lowest BCUT2D eigenvalue weighted by molar-refractivity contribution is -0.385. The number of phenols is 1. The Labute approximate surface area is 204 Å². The van der Waals surface area contributed by atoms with Crippen molar-refractivity contribution in [1.29, 1.82) is 0 Å². The van der Waals surface area contributed by atoms with Crippen molar-refractivity contribution in [2.45, 2.75) is 19.4 Å². The summed E-state index contributed by atoms with van der Waals surface area (Å²) in [6.07, 6.45) is 0.796. The van der Waals surface area contributed by atoms with Gasteiger partial charge in [-0.1, -0.05) is 19.1 Å². The average Bonchev–Trinajstić information content (AvgIpc) is 3.13. The van der Waals surface area contributed by atoms with Crippen LogP contribution in [0.3, 0.4) is 0 Å². The lowest BCUT2D eigenvalue weighted by atomic mass is 9.94. The average molecular weight is 492 g/mol. The molecule has 0 aliphatic carbocycles. The zero-order valence-corrected chi connectivity index (χ0v) is 19.1. The van der Waals surface area contributed by atoms with E-state index in [0.717, 1.165) is 35.6 Å². The number of nitro benzene ring substituents is 1. The minimum absolute atomic E-state index is 0.0141. The molecule has 0 saturated carbocycles. The molecule has 3 aromatic rings. The van der Waals surface area contributed by atoms with Crippen molar-refractivity contribution in [2.24, 2.45) is 0 Å². The zero-order valence-electron chi connectivity index (χ0n) is 19.1. The number of halogens is 1. The van der Waals surface area contributed by atoms with Gasteiger partial charge in [-0.25, -0.2) is 4.39 Å². The Morgan fingerprint density at radius 3 is 2.47 bits per heavy atom. The van der Waals surface area contributed by atoms with Gasteiger partial charge >= 0.3 is 5.69 Å². The number of hydrogen-bond acceptors (Lipinski definition) is 7. The molecule has 184 valence electrons. The number of anilines is 1. The van der Waals surface area contributed by atoms with Crippen LogP contribution >= 0.6 is 0 Å². The fraction of sp³-hybridized carbons (Fsp3) is 0.154. The number of Topliss-reactive ketones (excluding diaryl/α,β-unsaturated/α-hetero) is 1. The largest absolute Gasteiger partial charge is 0.507 e. The maximum absolute atomic E-state index is 14.0. The molecule has 1 aliphatic rings. The molecule has 9 nitrogen and oxygen atoms in total. The summed E-state index contributed by atoms with van der Waals surface area (Å²) in [4.78, 5) is 37.8. The number of benzene rings is 3. The summed E-state index contributed by atoms with van der Waals surface area (Å²) >= 11 is 0. The first-order chi connectivity index (χ1) is 17.2. The second kappa shape index (κ2) is 9.87. The highest BCUT2D eigenvalue weighted by atomic mass is 19.1. The first-order valence-electron chi connectivity index (χ1n) is 11.0. The number of nitro groups is 1. The highest BCUT2D eigenvalue weighted by Gasteiger charge is 2.47. The summed E-state index contributed by atoms with van der Waals surface area (Å²) in [5, 5.41) is 32.5. The Morgan fingerprint density at radius 1 is 1.11 bits per heavy atom. The quantitative estimate of drug-likeness (QED) is 0.158. The van der Waals surface area contributed by atoms with Crippen molar-refractivity contribution >= 4 is 28.8 Å². The summed E-state index contributed by atoms with van der Waals surface area (Å²) < 4.78 is 19.6. The van der Waals surface area contributed by atoms with Gasteiger partial charge in [-0.15, -0.1) is 0 Å². The van der Waals surface area contributed by atoms with E-state index in [0.29, 0.717) is 12.4 Å². The van der Waals surface area contributed by atoms with E-state index >= 15 is 0 Å². The maximum Gasteiger partial charge on any atom is 0.311 e. The molecule has 2 N–H and O–H groups in total. The molecule has 1 fully saturated rings. The van der Waals surface area contributed by atoms with E-state index in [2.05, 4.69) is 0 Å². The van der Waals surface area contributed by atoms with E-state index in [-0.39, 0.29) is 22.4 Å². The summed E-state index contributed by atoms with van der Waals surface area (Å²) in [6, 6.07) is 13.1. The van der Waals surface area contributed by atoms with E-state index < -0.39 is 45.7 Å². The Bertz CT molecular complexity index is 1390. The van der Waals surface area contributed by atoms with Crippen molar-refractivity contribution in [2.75, 3.05) is 11.5 Å². The molecule has 1 unspecified atom stereocenters. The molecular formula is C26H21FN2O7. The molecule has 1 saturated heterocycles. The smallest absolute Gasteiger partial charge is 0.311 e. The molecule has 1 atom stereocenters. The lowest BCUT2D eigenvalue weighted by Crippen LogP contribution is -2.29. The number of carbonyl (C=O) groups is 2. The number of aliphatic hydroxyl groups excluding tert-OH is 1. The molecular weight excluding hydrogens is 471 g/mol. The van der Waals surface area contributed by atoms with Crippen LogP contribution in [0.5, 0.6) is 11.5 Å². The third kappa shape index (κ3) is 4.48. The van der Waals surface area contributed by atoms with Gasteiger partial charge in [0.15, 0.2) is 5.75 Å². The molecule has 0 bridgehead atoms. The Hall–Kier alpha value is -4.73. The van der Waals surface area contributed by atoms with Crippen LogP contribution in [0.25, 0.3) is 5.76 Å². The molecule has 0 aromatic heterocycles. The maximum atomic E-state index is 14.0. The fourth-order valence-electron chi connectivity index (χ4n) is 3.98. The van der Waals surface area contributed by atoms with Crippen molar-refractivity contribution in [3.63, 3.8) is 0 Å². The van der Waals surface area contributed by atoms with E-state index in [4.69, 9.17) is 4.74 Å². The number of nitrogens with zero attached hydrogens (tertiary/aromatic N) is 2. The third-order valence-electron chi connectivity index (χ3n) is 5.64. The van der Waals surface area contributed by atoms with Gasteiger partial charge in [0.2, 0.25) is 0 Å². The van der Waals surface area contributed by atoms with Crippen LogP contribution < -0.4 is 9.64 Å². The Morgan fingerprint density at radius 2 is 1.83 bits per heavy atom. The number of carbonyl (C=O) groups excluding carboxylic acids is 2. The topological polar surface area (TPSA) is 130 Å². The number of amides is 1. The Kier molecular flexibility index (Phi) is 6.69. The van der Waals surface area contributed by atoms with Gasteiger partial charge in [-0.2, -0.15) is 0 Å². The van der Waals surface area contributed by atoms with Crippen LogP contribution in [0.15, 0.2) is 72.3 Å². The van der Waals surface area contributed by atoms with E-state index in [1.807, 2.05) is 6.92 Å². The monoisotopic (exact) mass is 492 g/mol. The number of aliphatic hydroxyl groups is 1. The summed E-state index contributed by atoms with van der Waals surface area (Å²) in [5.74, 6) is -3.37. The highest BCUT2D eigenvalue weighted by molar-refractivity contribution is 6.51. The normalized spacial score (nSPS) is 16.8. The van der Waals surface area contributed by atoms with Crippen molar-refractivity contribution in [3.05, 3.63) is 99.4 Å². The van der Waals surface area contributed by atoms with Crippen LogP contribution in [0, 0.1) is 15.9 Å². The second-order valence-corrected chi connectivity index (χ2v) is 8.03. The van der Waals surface area contributed by atoms with Gasteiger partial charge in [0.1, 0.15) is 17.3 Å². The van der Waals surface area contributed by atoms with Crippen molar-refractivity contribution in [3.8, 4) is 11.5 Å². The number of aromatic hydroxyl groups is 1. The molecule has 1 heterocycles. The molecule has 1 aliphatic heterocycles. The first kappa shape index (κ1) is 24.4. The SMILES string of the molecule is CCCOc1ccc(/C(O)=C2/C(=O)C(=O)N(c3cccc(F)c3)C2c2ccc(O)c([N+](=O)[O-])c2)cc1. The van der Waals surface area contributed by atoms with Crippen LogP contribution in [0.1, 0.15) is 30.5 Å². The summed E-state index contributed by atoms with van der Waals surface area (Å²) in [7, 11) is 0. The predicted molar refractivity (Wildman–Crippen MR) is 128 cm³/mol. The van der Waals surface area contributed by atoms with Gasteiger partial charge in [-0.3, -0.25) is 24.6 Å².